The summed E-state index contributed by atoms with van der Waals surface area (Å²) in [6, 6.07) is 7.61. The van der Waals surface area contributed by atoms with E-state index in [0.29, 0.717) is 6.61 Å². The SMILES string of the molecule is CCOC(=N)C=Cc1ccc(OC)cc1. The zero-order valence-electron chi connectivity index (χ0n) is 8.99. The predicted molar refractivity (Wildman–Crippen MR) is 61.4 cm³/mol. The molecule has 0 fully saturated rings. The first kappa shape index (κ1) is 11.3. The van der Waals surface area contributed by atoms with E-state index < -0.39 is 0 Å². The van der Waals surface area contributed by atoms with Crippen LogP contribution in [0.2, 0.25) is 0 Å². The van der Waals surface area contributed by atoms with Crippen LogP contribution < -0.4 is 4.74 Å². The number of ether oxygens (including phenoxy) is 2. The Hall–Kier alpha value is -1.77. The van der Waals surface area contributed by atoms with Crippen LogP contribution in [0, 0.1) is 5.41 Å². The summed E-state index contributed by atoms with van der Waals surface area (Å²) in [6.45, 7) is 2.38. The molecule has 3 heteroatoms. The van der Waals surface area contributed by atoms with E-state index in [1.165, 1.54) is 0 Å². The number of hydrogen-bond acceptors (Lipinski definition) is 3. The Morgan fingerprint density at radius 3 is 2.53 bits per heavy atom. The van der Waals surface area contributed by atoms with Crippen LogP contribution in [-0.4, -0.2) is 19.6 Å². The molecule has 0 radical (unpaired) electrons. The van der Waals surface area contributed by atoms with Gasteiger partial charge in [-0.15, -0.1) is 0 Å². The molecule has 0 bridgehead atoms. The number of methoxy groups -OCH3 is 1. The van der Waals surface area contributed by atoms with Crippen LogP contribution in [-0.2, 0) is 4.74 Å². The number of nitrogens with one attached hydrogen (secondary N) is 1. The maximum Gasteiger partial charge on any atom is 0.205 e. The lowest BCUT2D eigenvalue weighted by Gasteiger charge is -2.00. The van der Waals surface area contributed by atoms with Gasteiger partial charge in [0.15, 0.2) is 0 Å². The molecule has 0 aromatic heterocycles. The fraction of sp³-hybridized carbons (Fsp3) is 0.250. The van der Waals surface area contributed by atoms with Crippen LogP contribution in [0.15, 0.2) is 30.3 Å². The Morgan fingerprint density at radius 1 is 1.33 bits per heavy atom. The molecule has 1 rings (SSSR count). The number of benzene rings is 1. The van der Waals surface area contributed by atoms with E-state index in [-0.39, 0.29) is 5.90 Å². The Bertz CT molecular complexity index is 341. The van der Waals surface area contributed by atoms with Gasteiger partial charge in [0.2, 0.25) is 5.90 Å². The molecule has 1 aromatic rings. The highest BCUT2D eigenvalue weighted by Crippen LogP contribution is 2.12. The van der Waals surface area contributed by atoms with E-state index in [2.05, 4.69) is 0 Å². The van der Waals surface area contributed by atoms with Crippen LogP contribution in [0.3, 0.4) is 0 Å². The molecule has 0 aliphatic rings. The van der Waals surface area contributed by atoms with Gasteiger partial charge in [0, 0.05) is 6.08 Å². The molecule has 1 N–H and O–H groups in total. The summed E-state index contributed by atoms with van der Waals surface area (Å²) in [5.41, 5.74) is 1.01. The molecule has 0 spiro atoms. The van der Waals surface area contributed by atoms with Gasteiger partial charge in [-0.05, 0) is 30.7 Å². The van der Waals surface area contributed by atoms with Crippen molar-refractivity contribution in [3.8, 4) is 5.75 Å². The zero-order chi connectivity index (χ0) is 11.1. The van der Waals surface area contributed by atoms with Crippen LogP contribution >= 0.6 is 0 Å². The van der Waals surface area contributed by atoms with Crippen LogP contribution in [0.5, 0.6) is 5.75 Å². The molecule has 0 aliphatic heterocycles. The lowest BCUT2D eigenvalue weighted by Crippen LogP contribution is -1.97. The second-order valence-corrected chi connectivity index (χ2v) is 2.90. The minimum Gasteiger partial charge on any atom is -0.497 e. The Kier molecular flexibility index (Phi) is 4.41. The van der Waals surface area contributed by atoms with Crippen molar-refractivity contribution in [3.63, 3.8) is 0 Å². The average Bonchev–Trinajstić information content (AvgIpc) is 2.27. The van der Waals surface area contributed by atoms with Crippen molar-refractivity contribution in [3.05, 3.63) is 35.9 Å². The molecule has 0 saturated carbocycles. The van der Waals surface area contributed by atoms with Crippen molar-refractivity contribution in [2.24, 2.45) is 0 Å². The summed E-state index contributed by atoms with van der Waals surface area (Å²) in [7, 11) is 1.63. The summed E-state index contributed by atoms with van der Waals surface area (Å²) < 4.78 is 10.0. The largest absolute Gasteiger partial charge is 0.497 e. The minimum atomic E-state index is 0.174. The summed E-state index contributed by atoms with van der Waals surface area (Å²) in [5, 5.41) is 7.38. The highest BCUT2D eigenvalue weighted by molar-refractivity contribution is 5.89. The second kappa shape index (κ2) is 5.86. The van der Waals surface area contributed by atoms with Gasteiger partial charge in [0.1, 0.15) is 5.75 Å². The Morgan fingerprint density at radius 2 is 2.00 bits per heavy atom. The molecular formula is C12H15NO2. The monoisotopic (exact) mass is 205 g/mol. The minimum absolute atomic E-state index is 0.174. The number of rotatable bonds is 4. The van der Waals surface area contributed by atoms with Crippen LogP contribution in [0.25, 0.3) is 6.08 Å². The molecule has 0 amide bonds. The van der Waals surface area contributed by atoms with Gasteiger partial charge in [0.05, 0.1) is 13.7 Å². The molecular weight excluding hydrogens is 190 g/mol. The molecule has 1 aromatic carbocycles. The van der Waals surface area contributed by atoms with Gasteiger partial charge in [-0.3, -0.25) is 5.41 Å². The van der Waals surface area contributed by atoms with Gasteiger partial charge in [-0.2, -0.15) is 0 Å². The summed E-state index contributed by atoms with van der Waals surface area (Å²) in [6.07, 6.45) is 3.46. The third-order valence-electron chi connectivity index (χ3n) is 1.84. The third kappa shape index (κ3) is 3.85. The molecule has 0 unspecified atom stereocenters. The lowest BCUT2D eigenvalue weighted by atomic mass is 10.2. The maximum absolute atomic E-state index is 7.38. The highest BCUT2D eigenvalue weighted by atomic mass is 16.5. The molecule has 0 aliphatic carbocycles. The maximum atomic E-state index is 7.38. The first-order chi connectivity index (χ1) is 7.26. The lowest BCUT2D eigenvalue weighted by molar-refractivity contribution is 0.327. The van der Waals surface area contributed by atoms with Crippen molar-refractivity contribution in [2.75, 3.05) is 13.7 Å². The summed E-state index contributed by atoms with van der Waals surface area (Å²) >= 11 is 0. The summed E-state index contributed by atoms with van der Waals surface area (Å²) in [4.78, 5) is 0. The normalized spacial score (nSPS) is 10.3. The van der Waals surface area contributed by atoms with E-state index in [9.17, 15) is 0 Å². The van der Waals surface area contributed by atoms with Gasteiger partial charge in [0.25, 0.3) is 0 Å². The van der Waals surface area contributed by atoms with Crippen molar-refractivity contribution >= 4 is 12.0 Å². The standard InChI is InChI=1S/C12H15NO2/c1-3-15-12(13)9-6-10-4-7-11(14-2)8-5-10/h4-9,13H,3H2,1-2H3. The molecule has 0 heterocycles. The fourth-order valence-electron chi connectivity index (χ4n) is 1.09. The van der Waals surface area contributed by atoms with Crippen molar-refractivity contribution in [1.82, 2.24) is 0 Å². The van der Waals surface area contributed by atoms with E-state index >= 15 is 0 Å². The second-order valence-electron chi connectivity index (χ2n) is 2.90. The fourth-order valence-corrected chi connectivity index (χ4v) is 1.09. The van der Waals surface area contributed by atoms with Crippen LogP contribution in [0.1, 0.15) is 12.5 Å². The Balaban J connectivity index is 2.60. The van der Waals surface area contributed by atoms with Crippen molar-refractivity contribution in [1.29, 1.82) is 5.41 Å². The van der Waals surface area contributed by atoms with Gasteiger partial charge in [-0.1, -0.05) is 12.1 Å². The molecule has 15 heavy (non-hydrogen) atoms. The zero-order valence-corrected chi connectivity index (χ0v) is 8.99. The highest BCUT2D eigenvalue weighted by Gasteiger charge is 1.91. The van der Waals surface area contributed by atoms with E-state index in [1.807, 2.05) is 37.3 Å². The van der Waals surface area contributed by atoms with E-state index in [4.69, 9.17) is 14.9 Å². The molecule has 0 atom stereocenters. The summed E-state index contributed by atoms with van der Waals surface area (Å²) in [5.74, 6) is 1.00. The first-order valence-electron chi connectivity index (χ1n) is 4.79. The van der Waals surface area contributed by atoms with E-state index in [1.54, 1.807) is 13.2 Å². The molecule has 3 nitrogen and oxygen atoms in total. The molecule has 80 valence electrons. The average molecular weight is 205 g/mol. The third-order valence-corrected chi connectivity index (χ3v) is 1.84. The predicted octanol–water partition coefficient (Wildman–Crippen LogP) is 2.72. The Labute approximate surface area is 89.8 Å². The van der Waals surface area contributed by atoms with Gasteiger partial charge in [-0.25, -0.2) is 0 Å². The van der Waals surface area contributed by atoms with Gasteiger partial charge >= 0.3 is 0 Å². The van der Waals surface area contributed by atoms with Crippen LogP contribution in [0.4, 0.5) is 0 Å². The van der Waals surface area contributed by atoms with E-state index in [0.717, 1.165) is 11.3 Å². The van der Waals surface area contributed by atoms with Gasteiger partial charge < -0.3 is 9.47 Å². The number of hydrogen-bond donors (Lipinski definition) is 1. The van der Waals surface area contributed by atoms with Crippen molar-refractivity contribution in [2.45, 2.75) is 6.92 Å². The first-order valence-corrected chi connectivity index (χ1v) is 4.79. The van der Waals surface area contributed by atoms with Crippen molar-refractivity contribution < 1.29 is 9.47 Å². The quantitative estimate of drug-likeness (QED) is 0.606. The smallest absolute Gasteiger partial charge is 0.205 e. The molecule has 0 saturated heterocycles. The topological polar surface area (TPSA) is 42.3 Å².